The quantitative estimate of drug-likeness (QED) is 0.588. The summed E-state index contributed by atoms with van der Waals surface area (Å²) in [5.74, 6) is 1.03. The second-order valence-corrected chi connectivity index (χ2v) is 6.35. The fraction of sp³-hybridized carbons (Fsp3) is 0.684. The standard InChI is InChI=1S/C19H31N/c1-2-3-15-19(18-13-5-4-6-14-18)20-16-9-12-17-10-7-8-11-17/h4-6,13-14,17,19-20H,2-3,7-12,15-16H2,1H3. The molecule has 0 spiro atoms. The average Bonchev–Trinajstić information content (AvgIpc) is 3.01. The van der Waals surface area contributed by atoms with E-state index in [1.165, 1.54) is 69.9 Å². The van der Waals surface area contributed by atoms with Gasteiger partial charge in [-0.15, -0.1) is 0 Å². The Hall–Kier alpha value is -0.820. The van der Waals surface area contributed by atoms with Gasteiger partial charge in [-0.25, -0.2) is 0 Å². The van der Waals surface area contributed by atoms with Gasteiger partial charge in [-0.2, -0.15) is 0 Å². The molecule has 0 saturated heterocycles. The molecule has 2 rings (SSSR count). The molecule has 1 saturated carbocycles. The zero-order valence-corrected chi connectivity index (χ0v) is 13.1. The van der Waals surface area contributed by atoms with E-state index >= 15 is 0 Å². The molecule has 1 unspecified atom stereocenters. The van der Waals surface area contributed by atoms with Crippen LogP contribution in [0.2, 0.25) is 0 Å². The Morgan fingerprint density at radius 3 is 2.55 bits per heavy atom. The maximum Gasteiger partial charge on any atom is 0.0320 e. The lowest BCUT2D eigenvalue weighted by atomic mass is 9.99. The van der Waals surface area contributed by atoms with Crippen molar-refractivity contribution in [1.29, 1.82) is 0 Å². The van der Waals surface area contributed by atoms with Crippen molar-refractivity contribution in [1.82, 2.24) is 5.32 Å². The summed E-state index contributed by atoms with van der Waals surface area (Å²) in [5.41, 5.74) is 1.46. The smallest absolute Gasteiger partial charge is 0.0320 e. The van der Waals surface area contributed by atoms with Crippen molar-refractivity contribution in [2.75, 3.05) is 6.54 Å². The molecule has 0 amide bonds. The topological polar surface area (TPSA) is 12.0 Å². The molecule has 1 fully saturated rings. The molecule has 1 aliphatic rings. The number of unbranched alkanes of at least 4 members (excludes halogenated alkanes) is 1. The highest BCUT2D eigenvalue weighted by Gasteiger charge is 2.15. The van der Waals surface area contributed by atoms with Crippen molar-refractivity contribution in [3.05, 3.63) is 35.9 Å². The molecule has 1 aromatic carbocycles. The minimum absolute atomic E-state index is 0.555. The van der Waals surface area contributed by atoms with Crippen molar-refractivity contribution < 1.29 is 0 Å². The third kappa shape index (κ3) is 5.28. The second kappa shape index (κ2) is 9.18. The van der Waals surface area contributed by atoms with Crippen LogP contribution in [0.3, 0.4) is 0 Å². The number of hydrogen-bond acceptors (Lipinski definition) is 1. The summed E-state index contributed by atoms with van der Waals surface area (Å²) in [6, 6.07) is 11.5. The molecule has 1 atom stereocenters. The molecule has 1 aromatic rings. The fourth-order valence-corrected chi connectivity index (χ4v) is 3.45. The van der Waals surface area contributed by atoms with Crippen molar-refractivity contribution in [2.45, 2.75) is 70.8 Å². The molecule has 0 aromatic heterocycles. The normalized spacial score (nSPS) is 17.4. The van der Waals surface area contributed by atoms with Gasteiger partial charge in [-0.3, -0.25) is 0 Å². The molecule has 20 heavy (non-hydrogen) atoms. The van der Waals surface area contributed by atoms with Crippen LogP contribution in [0, 0.1) is 5.92 Å². The molecule has 0 heterocycles. The summed E-state index contributed by atoms with van der Waals surface area (Å²) in [4.78, 5) is 0. The number of nitrogens with one attached hydrogen (secondary N) is 1. The molecule has 1 heteroatoms. The molecule has 112 valence electrons. The minimum atomic E-state index is 0.555. The monoisotopic (exact) mass is 273 g/mol. The maximum absolute atomic E-state index is 3.79. The highest BCUT2D eigenvalue weighted by atomic mass is 14.9. The van der Waals surface area contributed by atoms with Gasteiger partial charge in [-0.1, -0.05) is 75.8 Å². The number of benzene rings is 1. The van der Waals surface area contributed by atoms with Crippen LogP contribution >= 0.6 is 0 Å². The molecule has 1 nitrogen and oxygen atoms in total. The molecule has 0 aliphatic heterocycles. The molecule has 0 bridgehead atoms. The minimum Gasteiger partial charge on any atom is -0.310 e. The first-order valence-corrected chi connectivity index (χ1v) is 8.68. The van der Waals surface area contributed by atoms with Crippen LogP contribution in [0.25, 0.3) is 0 Å². The first-order chi connectivity index (χ1) is 9.90. The highest BCUT2D eigenvalue weighted by molar-refractivity contribution is 5.18. The Kier molecular flexibility index (Phi) is 7.14. The van der Waals surface area contributed by atoms with E-state index in [-0.39, 0.29) is 0 Å². The van der Waals surface area contributed by atoms with Gasteiger partial charge in [0.25, 0.3) is 0 Å². The van der Waals surface area contributed by atoms with Crippen molar-refractivity contribution in [3.63, 3.8) is 0 Å². The molecule has 0 radical (unpaired) electrons. The summed E-state index contributed by atoms with van der Waals surface area (Å²) in [5, 5.41) is 3.79. The Labute approximate surface area is 125 Å². The van der Waals surface area contributed by atoms with Gasteiger partial charge in [0.15, 0.2) is 0 Å². The van der Waals surface area contributed by atoms with E-state index in [2.05, 4.69) is 42.6 Å². The summed E-state index contributed by atoms with van der Waals surface area (Å²) in [7, 11) is 0. The second-order valence-electron chi connectivity index (χ2n) is 6.35. The van der Waals surface area contributed by atoms with Gasteiger partial charge in [0.05, 0.1) is 0 Å². The SMILES string of the molecule is CCCCC(NCCCC1CCCC1)c1ccccc1. The van der Waals surface area contributed by atoms with Crippen molar-refractivity contribution >= 4 is 0 Å². The predicted octanol–water partition coefficient (Wildman–Crippen LogP) is 5.48. The number of rotatable bonds is 9. The van der Waals surface area contributed by atoms with Gasteiger partial charge in [0, 0.05) is 6.04 Å². The molecular formula is C19H31N. The van der Waals surface area contributed by atoms with Crippen molar-refractivity contribution in [2.24, 2.45) is 5.92 Å². The summed E-state index contributed by atoms with van der Waals surface area (Å²) in [6.45, 7) is 3.46. The van der Waals surface area contributed by atoms with Crippen molar-refractivity contribution in [3.8, 4) is 0 Å². The molecular weight excluding hydrogens is 242 g/mol. The lowest BCUT2D eigenvalue weighted by molar-refractivity contribution is 0.432. The highest BCUT2D eigenvalue weighted by Crippen LogP contribution is 2.28. The van der Waals surface area contributed by atoms with Crippen LogP contribution in [0.15, 0.2) is 30.3 Å². The summed E-state index contributed by atoms with van der Waals surface area (Å²) >= 11 is 0. The molecule has 1 aliphatic carbocycles. The van der Waals surface area contributed by atoms with Crippen LogP contribution in [-0.2, 0) is 0 Å². The third-order valence-electron chi connectivity index (χ3n) is 4.70. The van der Waals surface area contributed by atoms with E-state index in [1.807, 2.05) is 0 Å². The lowest BCUT2D eigenvalue weighted by Gasteiger charge is -2.19. The molecule has 1 N–H and O–H groups in total. The van der Waals surface area contributed by atoms with Gasteiger partial charge in [0.1, 0.15) is 0 Å². The van der Waals surface area contributed by atoms with E-state index in [0.717, 1.165) is 5.92 Å². The lowest BCUT2D eigenvalue weighted by Crippen LogP contribution is -2.23. The van der Waals surface area contributed by atoms with Crippen LogP contribution in [0.1, 0.15) is 76.3 Å². The van der Waals surface area contributed by atoms with E-state index < -0.39 is 0 Å². The predicted molar refractivity (Wildman–Crippen MR) is 87.9 cm³/mol. The van der Waals surface area contributed by atoms with Crippen LogP contribution < -0.4 is 5.32 Å². The maximum atomic E-state index is 3.79. The third-order valence-corrected chi connectivity index (χ3v) is 4.70. The van der Waals surface area contributed by atoms with Crippen LogP contribution in [-0.4, -0.2) is 6.54 Å². The Morgan fingerprint density at radius 2 is 1.85 bits per heavy atom. The fourth-order valence-electron chi connectivity index (χ4n) is 3.45. The first-order valence-electron chi connectivity index (χ1n) is 8.68. The van der Waals surface area contributed by atoms with E-state index in [1.54, 1.807) is 0 Å². The Balaban J connectivity index is 1.72. The van der Waals surface area contributed by atoms with Gasteiger partial charge >= 0.3 is 0 Å². The van der Waals surface area contributed by atoms with Gasteiger partial charge < -0.3 is 5.32 Å². The zero-order valence-electron chi connectivity index (χ0n) is 13.1. The average molecular weight is 273 g/mol. The Bertz CT molecular complexity index is 340. The van der Waals surface area contributed by atoms with Crippen LogP contribution in [0.4, 0.5) is 0 Å². The van der Waals surface area contributed by atoms with Gasteiger partial charge in [-0.05, 0) is 37.3 Å². The van der Waals surface area contributed by atoms with Crippen LogP contribution in [0.5, 0.6) is 0 Å². The van der Waals surface area contributed by atoms with E-state index in [0.29, 0.717) is 6.04 Å². The van der Waals surface area contributed by atoms with Gasteiger partial charge in [0.2, 0.25) is 0 Å². The summed E-state index contributed by atoms with van der Waals surface area (Å²) in [6.07, 6.45) is 12.6. The first kappa shape index (κ1) is 15.6. The van der Waals surface area contributed by atoms with E-state index in [9.17, 15) is 0 Å². The largest absolute Gasteiger partial charge is 0.310 e. The zero-order chi connectivity index (χ0) is 14.0. The Morgan fingerprint density at radius 1 is 1.10 bits per heavy atom. The summed E-state index contributed by atoms with van der Waals surface area (Å²) < 4.78 is 0. The van der Waals surface area contributed by atoms with E-state index in [4.69, 9.17) is 0 Å². The number of hydrogen-bond donors (Lipinski definition) is 1.